The zero-order valence-electron chi connectivity index (χ0n) is 8.99. The lowest BCUT2D eigenvalue weighted by atomic mass is 10.1. The minimum absolute atomic E-state index is 0.783. The van der Waals surface area contributed by atoms with Crippen molar-refractivity contribution >= 4 is 22.9 Å². The molecule has 1 aromatic heterocycles. The molecule has 1 aromatic rings. The van der Waals surface area contributed by atoms with Gasteiger partial charge in [-0.1, -0.05) is 6.07 Å². The molecule has 0 radical (unpaired) electrons. The van der Waals surface area contributed by atoms with E-state index in [0.29, 0.717) is 0 Å². The Bertz CT molecular complexity index is 273. The maximum absolute atomic E-state index is 5.75. The number of hydrogen-bond acceptors (Lipinski definition) is 2. The fourth-order valence-electron chi connectivity index (χ4n) is 2.35. The largest absolute Gasteiger partial charge is 0.295 e. The molecular weight excluding hydrogens is 226 g/mol. The van der Waals surface area contributed by atoms with Crippen molar-refractivity contribution in [2.75, 3.05) is 12.4 Å². The predicted octanol–water partition coefficient (Wildman–Crippen LogP) is 3.73. The lowest BCUT2D eigenvalue weighted by Crippen LogP contribution is -2.28. The molecule has 0 N–H and O–H groups in total. The molecule has 0 saturated carbocycles. The third kappa shape index (κ3) is 3.20. The zero-order valence-corrected chi connectivity index (χ0v) is 10.6. The molecule has 1 fully saturated rings. The number of likely N-dealkylation sites (tertiary alicyclic amines) is 1. The molecule has 2 rings (SSSR count). The van der Waals surface area contributed by atoms with Crippen molar-refractivity contribution in [3.63, 3.8) is 0 Å². The minimum atomic E-state index is 0.783. The molecule has 3 heteroatoms. The van der Waals surface area contributed by atoms with Crippen LogP contribution < -0.4 is 0 Å². The van der Waals surface area contributed by atoms with Gasteiger partial charge in [0.2, 0.25) is 0 Å². The van der Waals surface area contributed by atoms with Gasteiger partial charge in [0.05, 0.1) is 0 Å². The molecule has 0 aliphatic carbocycles. The van der Waals surface area contributed by atoms with Crippen molar-refractivity contribution in [1.82, 2.24) is 4.90 Å². The summed E-state index contributed by atoms with van der Waals surface area (Å²) in [4.78, 5) is 4.12. The van der Waals surface area contributed by atoms with Crippen LogP contribution in [0.15, 0.2) is 17.5 Å². The second-order valence-corrected chi connectivity index (χ2v) is 5.59. The van der Waals surface area contributed by atoms with Crippen LogP contribution in [0.3, 0.4) is 0 Å². The molecule has 2 heterocycles. The number of rotatable bonds is 5. The van der Waals surface area contributed by atoms with Gasteiger partial charge < -0.3 is 0 Å². The SMILES string of the molecule is ClCCCC1CCCN1Cc1cccs1. The summed E-state index contributed by atoms with van der Waals surface area (Å²) in [7, 11) is 0. The van der Waals surface area contributed by atoms with Gasteiger partial charge in [-0.2, -0.15) is 0 Å². The third-order valence-electron chi connectivity index (χ3n) is 3.11. The maximum Gasteiger partial charge on any atom is 0.0330 e. The standard InChI is InChI=1S/C12H18ClNS/c13-7-1-4-11-5-2-8-14(11)10-12-6-3-9-15-12/h3,6,9,11H,1-2,4-5,7-8,10H2. The number of alkyl halides is 1. The van der Waals surface area contributed by atoms with E-state index in [0.717, 1.165) is 24.9 Å². The summed E-state index contributed by atoms with van der Waals surface area (Å²) in [5.41, 5.74) is 0. The highest BCUT2D eigenvalue weighted by molar-refractivity contribution is 7.09. The molecule has 1 atom stereocenters. The van der Waals surface area contributed by atoms with Gasteiger partial charge in [0.1, 0.15) is 0 Å². The van der Waals surface area contributed by atoms with E-state index in [9.17, 15) is 0 Å². The summed E-state index contributed by atoms with van der Waals surface area (Å²) >= 11 is 7.62. The van der Waals surface area contributed by atoms with Gasteiger partial charge in [0, 0.05) is 23.3 Å². The Morgan fingerprint density at radius 1 is 1.53 bits per heavy atom. The maximum atomic E-state index is 5.75. The number of halogens is 1. The van der Waals surface area contributed by atoms with Crippen molar-refractivity contribution < 1.29 is 0 Å². The molecule has 1 saturated heterocycles. The van der Waals surface area contributed by atoms with Crippen molar-refractivity contribution in [1.29, 1.82) is 0 Å². The van der Waals surface area contributed by atoms with Gasteiger partial charge in [-0.05, 0) is 43.7 Å². The smallest absolute Gasteiger partial charge is 0.0330 e. The number of nitrogens with zero attached hydrogens (tertiary/aromatic N) is 1. The molecule has 1 unspecified atom stereocenters. The zero-order chi connectivity index (χ0) is 10.5. The highest BCUT2D eigenvalue weighted by Gasteiger charge is 2.23. The highest BCUT2D eigenvalue weighted by atomic mass is 35.5. The summed E-state index contributed by atoms with van der Waals surface area (Å²) < 4.78 is 0. The molecule has 1 aliphatic rings. The van der Waals surface area contributed by atoms with Gasteiger partial charge in [-0.3, -0.25) is 4.90 Å². The Balaban J connectivity index is 1.85. The predicted molar refractivity (Wildman–Crippen MR) is 67.7 cm³/mol. The Morgan fingerprint density at radius 3 is 3.20 bits per heavy atom. The van der Waals surface area contributed by atoms with Crippen molar-refractivity contribution in [2.24, 2.45) is 0 Å². The molecule has 0 spiro atoms. The van der Waals surface area contributed by atoms with Crippen LogP contribution in [0.25, 0.3) is 0 Å². The van der Waals surface area contributed by atoms with Gasteiger partial charge in [-0.15, -0.1) is 22.9 Å². The molecular formula is C12H18ClNS. The van der Waals surface area contributed by atoms with Gasteiger partial charge >= 0.3 is 0 Å². The van der Waals surface area contributed by atoms with Crippen LogP contribution in [0.5, 0.6) is 0 Å². The van der Waals surface area contributed by atoms with E-state index >= 15 is 0 Å². The van der Waals surface area contributed by atoms with E-state index in [4.69, 9.17) is 11.6 Å². The van der Waals surface area contributed by atoms with Crippen LogP contribution in [0, 0.1) is 0 Å². The molecule has 1 aliphatic heterocycles. The summed E-state index contributed by atoms with van der Waals surface area (Å²) in [6, 6.07) is 5.16. The van der Waals surface area contributed by atoms with E-state index < -0.39 is 0 Å². The second-order valence-electron chi connectivity index (χ2n) is 4.18. The van der Waals surface area contributed by atoms with Gasteiger partial charge in [0.15, 0.2) is 0 Å². The first-order valence-electron chi connectivity index (χ1n) is 5.72. The number of thiophene rings is 1. The lowest BCUT2D eigenvalue weighted by molar-refractivity contribution is 0.236. The average Bonchev–Trinajstić information content (AvgIpc) is 2.87. The third-order valence-corrected chi connectivity index (χ3v) is 4.24. The Labute approximate surface area is 101 Å². The van der Waals surface area contributed by atoms with Gasteiger partial charge in [-0.25, -0.2) is 0 Å². The van der Waals surface area contributed by atoms with Crippen molar-refractivity contribution in [3.8, 4) is 0 Å². The van der Waals surface area contributed by atoms with Crippen LogP contribution in [0.1, 0.15) is 30.6 Å². The first-order chi connectivity index (χ1) is 7.40. The van der Waals surface area contributed by atoms with Gasteiger partial charge in [0.25, 0.3) is 0 Å². The van der Waals surface area contributed by atoms with Crippen LogP contribution >= 0.6 is 22.9 Å². The molecule has 0 bridgehead atoms. The fraction of sp³-hybridized carbons (Fsp3) is 0.667. The topological polar surface area (TPSA) is 3.24 Å². The first kappa shape index (κ1) is 11.4. The van der Waals surface area contributed by atoms with Crippen LogP contribution in [-0.2, 0) is 6.54 Å². The summed E-state index contributed by atoms with van der Waals surface area (Å²) in [5, 5.41) is 2.17. The Morgan fingerprint density at radius 2 is 2.47 bits per heavy atom. The monoisotopic (exact) mass is 243 g/mol. The summed E-state index contributed by atoms with van der Waals surface area (Å²) in [5.74, 6) is 0.809. The molecule has 15 heavy (non-hydrogen) atoms. The van der Waals surface area contributed by atoms with Crippen molar-refractivity contribution in [3.05, 3.63) is 22.4 Å². The first-order valence-corrected chi connectivity index (χ1v) is 7.14. The fourth-order valence-corrected chi connectivity index (χ4v) is 3.23. The second kappa shape index (κ2) is 5.88. The summed E-state index contributed by atoms with van der Waals surface area (Å²) in [6.45, 7) is 2.41. The van der Waals surface area contributed by atoms with Crippen molar-refractivity contribution in [2.45, 2.75) is 38.3 Å². The van der Waals surface area contributed by atoms with E-state index in [-0.39, 0.29) is 0 Å². The van der Waals surface area contributed by atoms with E-state index in [2.05, 4.69) is 22.4 Å². The number of hydrogen-bond donors (Lipinski definition) is 0. The highest BCUT2D eigenvalue weighted by Crippen LogP contribution is 2.24. The average molecular weight is 244 g/mol. The lowest BCUT2D eigenvalue weighted by Gasteiger charge is -2.23. The molecule has 1 nitrogen and oxygen atoms in total. The van der Waals surface area contributed by atoms with Crippen LogP contribution in [0.4, 0.5) is 0 Å². The van der Waals surface area contributed by atoms with E-state index in [1.807, 2.05) is 11.3 Å². The summed E-state index contributed by atoms with van der Waals surface area (Å²) in [6.07, 6.45) is 5.16. The Hall–Kier alpha value is -0.0500. The normalized spacial score (nSPS) is 22.3. The molecule has 84 valence electrons. The van der Waals surface area contributed by atoms with E-state index in [1.165, 1.54) is 30.7 Å². The minimum Gasteiger partial charge on any atom is -0.295 e. The molecule has 0 amide bonds. The molecule has 0 aromatic carbocycles. The van der Waals surface area contributed by atoms with Crippen LogP contribution in [-0.4, -0.2) is 23.4 Å². The quantitative estimate of drug-likeness (QED) is 0.713. The van der Waals surface area contributed by atoms with E-state index in [1.54, 1.807) is 0 Å². The van der Waals surface area contributed by atoms with Crippen LogP contribution in [0.2, 0.25) is 0 Å². The Kier molecular flexibility index (Phi) is 4.48.